The zero-order valence-corrected chi connectivity index (χ0v) is 48.7. The SMILES string of the molecule is CC1(C)c2ccccc2-c2ccc(N(c3ccc(-c4nc5ccccc5o4)cc3)c3ccc4c(c3)C(c3ccccc3)(c3ccccc3)c3cc(N(c5ccc(-c6nc7ccccc7o6)cc5)c5ccc6c(c5)C(C)(C)c5ccccc5-6)ccc3-4)cc21. The van der Waals surface area contributed by atoms with Crippen LogP contribution in [0.4, 0.5) is 34.1 Å². The summed E-state index contributed by atoms with van der Waals surface area (Å²) < 4.78 is 12.6. The minimum Gasteiger partial charge on any atom is -0.436 e. The van der Waals surface area contributed by atoms with Crippen LogP contribution in [0.3, 0.4) is 0 Å². The van der Waals surface area contributed by atoms with E-state index in [1.807, 2.05) is 48.5 Å². The van der Waals surface area contributed by atoms with Crippen LogP contribution in [0.2, 0.25) is 0 Å². The molecule has 3 aliphatic rings. The third-order valence-electron chi connectivity index (χ3n) is 19.0. The van der Waals surface area contributed by atoms with Crippen LogP contribution in [0, 0.1) is 0 Å². The van der Waals surface area contributed by atoms with Gasteiger partial charge in [-0.2, -0.15) is 0 Å². The van der Waals surface area contributed by atoms with Gasteiger partial charge < -0.3 is 18.6 Å². The van der Waals surface area contributed by atoms with Gasteiger partial charge in [-0.15, -0.1) is 0 Å². The fraction of sp³-hybridized carbons (Fsp3) is 0.0864. The van der Waals surface area contributed by atoms with E-state index in [9.17, 15) is 0 Å². The number of fused-ring (bicyclic) bond motifs is 11. The normalized spacial score (nSPS) is 14.3. The van der Waals surface area contributed by atoms with Crippen LogP contribution in [-0.4, -0.2) is 9.97 Å². The third-order valence-corrected chi connectivity index (χ3v) is 19.0. The molecule has 0 fully saturated rings. The predicted molar refractivity (Wildman–Crippen MR) is 354 cm³/mol. The highest BCUT2D eigenvalue weighted by Gasteiger charge is 2.47. The molecular weight excluding hydrogens is 1060 g/mol. The molecule has 17 rings (SSSR count). The number of nitrogens with zero attached hydrogens (tertiary/aromatic N) is 4. The Morgan fingerprint density at radius 3 is 0.977 bits per heavy atom. The van der Waals surface area contributed by atoms with Gasteiger partial charge in [-0.3, -0.25) is 0 Å². The van der Waals surface area contributed by atoms with E-state index in [0.29, 0.717) is 11.8 Å². The van der Waals surface area contributed by atoms with Crippen LogP contribution in [0.15, 0.2) is 288 Å². The summed E-state index contributed by atoms with van der Waals surface area (Å²) in [5.74, 6) is 1.19. The summed E-state index contributed by atoms with van der Waals surface area (Å²) in [6.07, 6.45) is 0. The lowest BCUT2D eigenvalue weighted by Crippen LogP contribution is -2.29. The topological polar surface area (TPSA) is 58.5 Å². The zero-order chi connectivity index (χ0) is 58.2. The van der Waals surface area contributed by atoms with Crippen LogP contribution in [0.25, 0.3) is 78.5 Å². The number of hydrogen-bond donors (Lipinski definition) is 0. The average Bonchev–Trinajstić information content (AvgIpc) is 1.64. The van der Waals surface area contributed by atoms with Crippen LogP contribution in [0.5, 0.6) is 0 Å². The number of benzene rings is 12. The summed E-state index contributed by atoms with van der Waals surface area (Å²) in [5, 5.41) is 0. The van der Waals surface area contributed by atoms with Crippen LogP contribution < -0.4 is 9.80 Å². The highest BCUT2D eigenvalue weighted by Crippen LogP contribution is 2.60. The fourth-order valence-electron chi connectivity index (χ4n) is 14.8. The van der Waals surface area contributed by atoms with Crippen molar-refractivity contribution in [2.75, 3.05) is 9.80 Å². The highest BCUT2D eigenvalue weighted by atomic mass is 16.4. The van der Waals surface area contributed by atoms with Crippen LogP contribution in [-0.2, 0) is 16.2 Å². The van der Waals surface area contributed by atoms with E-state index in [-0.39, 0.29) is 10.8 Å². The van der Waals surface area contributed by atoms with Crippen molar-refractivity contribution in [1.29, 1.82) is 0 Å². The molecule has 414 valence electrons. The van der Waals surface area contributed by atoms with Crippen molar-refractivity contribution in [1.82, 2.24) is 9.97 Å². The number of para-hydroxylation sites is 4. The Bertz CT molecular complexity index is 4670. The first kappa shape index (κ1) is 50.7. The molecule has 2 heterocycles. The number of oxazole rings is 2. The lowest BCUT2D eigenvalue weighted by molar-refractivity contribution is 0.619. The monoisotopic (exact) mass is 1120 g/mol. The molecule has 0 unspecified atom stereocenters. The van der Waals surface area contributed by atoms with E-state index in [4.69, 9.17) is 18.8 Å². The molecule has 0 saturated carbocycles. The summed E-state index contributed by atoms with van der Waals surface area (Å²) in [5.41, 5.74) is 27.7. The molecule has 2 aromatic heterocycles. The Morgan fingerprint density at radius 1 is 0.276 bits per heavy atom. The Balaban J connectivity index is 0.862. The molecule has 3 aliphatic carbocycles. The quantitative estimate of drug-likeness (QED) is 0.136. The Kier molecular flexibility index (Phi) is 11.1. The van der Waals surface area contributed by atoms with Crippen molar-refractivity contribution < 1.29 is 8.83 Å². The molecule has 0 amide bonds. The van der Waals surface area contributed by atoms with Gasteiger partial charge in [0.1, 0.15) is 11.0 Å². The Morgan fingerprint density at radius 2 is 0.586 bits per heavy atom. The summed E-state index contributed by atoms with van der Waals surface area (Å²) in [4.78, 5) is 14.7. The van der Waals surface area contributed by atoms with E-state index in [2.05, 4.69) is 268 Å². The van der Waals surface area contributed by atoms with E-state index in [0.717, 1.165) is 67.5 Å². The first-order valence-corrected chi connectivity index (χ1v) is 30.0. The summed E-state index contributed by atoms with van der Waals surface area (Å²) >= 11 is 0. The first-order valence-electron chi connectivity index (χ1n) is 30.0. The van der Waals surface area contributed by atoms with Gasteiger partial charge in [0.25, 0.3) is 0 Å². The van der Waals surface area contributed by atoms with Crippen LogP contribution in [0.1, 0.15) is 72.2 Å². The second-order valence-corrected chi connectivity index (χ2v) is 24.5. The highest BCUT2D eigenvalue weighted by molar-refractivity contribution is 5.94. The second-order valence-electron chi connectivity index (χ2n) is 24.5. The molecule has 6 nitrogen and oxygen atoms in total. The van der Waals surface area contributed by atoms with E-state index >= 15 is 0 Å². The molecule has 6 heteroatoms. The van der Waals surface area contributed by atoms with Gasteiger partial charge in [0.2, 0.25) is 11.8 Å². The molecule has 0 aliphatic heterocycles. The lowest BCUT2D eigenvalue weighted by atomic mass is 9.67. The van der Waals surface area contributed by atoms with Crippen LogP contribution >= 0.6 is 0 Å². The maximum absolute atomic E-state index is 6.32. The van der Waals surface area contributed by atoms with Crippen molar-refractivity contribution in [2.45, 2.75) is 43.9 Å². The predicted octanol–water partition coefficient (Wildman–Crippen LogP) is 21.2. The summed E-state index contributed by atoms with van der Waals surface area (Å²) in [6, 6.07) is 102. The number of anilines is 6. The maximum Gasteiger partial charge on any atom is 0.227 e. The zero-order valence-electron chi connectivity index (χ0n) is 48.7. The fourth-order valence-corrected chi connectivity index (χ4v) is 14.8. The second kappa shape index (κ2) is 19.1. The number of rotatable bonds is 10. The lowest BCUT2D eigenvalue weighted by Gasteiger charge is -2.36. The molecule has 0 saturated heterocycles. The van der Waals surface area contributed by atoms with Gasteiger partial charge in [0.05, 0.1) is 5.41 Å². The maximum atomic E-state index is 6.32. The van der Waals surface area contributed by atoms with Gasteiger partial charge in [0, 0.05) is 56.1 Å². The van der Waals surface area contributed by atoms with Crippen molar-refractivity contribution in [3.8, 4) is 56.3 Å². The molecule has 87 heavy (non-hydrogen) atoms. The van der Waals surface area contributed by atoms with E-state index in [1.165, 1.54) is 77.9 Å². The molecule has 14 aromatic rings. The first-order chi connectivity index (χ1) is 42.6. The van der Waals surface area contributed by atoms with Crippen molar-refractivity contribution >= 4 is 56.3 Å². The number of aromatic nitrogens is 2. The molecule has 12 aromatic carbocycles. The van der Waals surface area contributed by atoms with Gasteiger partial charge >= 0.3 is 0 Å². The summed E-state index contributed by atoms with van der Waals surface area (Å²) in [7, 11) is 0. The van der Waals surface area contributed by atoms with Crippen molar-refractivity contribution in [2.24, 2.45) is 0 Å². The number of hydrogen-bond acceptors (Lipinski definition) is 6. The Labute approximate surface area is 506 Å². The van der Waals surface area contributed by atoms with Crippen molar-refractivity contribution in [3.63, 3.8) is 0 Å². The van der Waals surface area contributed by atoms with Gasteiger partial charge in [-0.25, -0.2) is 9.97 Å². The molecule has 0 spiro atoms. The standard InChI is InChI=1S/C81H58N4O2/c1-79(2)67-25-13-11-23-61(67)63-43-39-57(47-69(63)79)84(55-35-31-51(32-36-55)77-82-73-27-15-17-29-75(73)86-77)59-41-45-65-66-46-42-60(50-72(66)81(71(65)49-59,53-19-7-5-8-20-53)54-21-9-6-10-22-54)85(56-37-33-52(34-38-56)78-83-74-28-16-18-30-76(74)87-78)58-40-44-64-62-24-12-14-26-68(62)80(3,4)70(64)48-58/h5-50H,1-4H3. The van der Waals surface area contributed by atoms with E-state index in [1.54, 1.807) is 0 Å². The Hall–Kier alpha value is -10.8. The smallest absolute Gasteiger partial charge is 0.227 e. The minimum atomic E-state index is -0.757. The molecule has 0 radical (unpaired) electrons. The van der Waals surface area contributed by atoms with Gasteiger partial charge in [-0.05, 0) is 199 Å². The van der Waals surface area contributed by atoms with Gasteiger partial charge in [-0.1, -0.05) is 185 Å². The average molecular weight is 1120 g/mol. The van der Waals surface area contributed by atoms with E-state index < -0.39 is 5.41 Å². The van der Waals surface area contributed by atoms with Gasteiger partial charge in [0.15, 0.2) is 11.2 Å². The molecule has 0 N–H and O–H groups in total. The molecule has 0 bridgehead atoms. The summed E-state index contributed by atoms with van der Waals surface area (Å²) in [6.45, 7) is 9.43. The molecular formula is C81H58N4O2. The molecule has 0 atom stereocenters. The largest absolute Gasteiger partial charge is 0.436 e. The third kappa shape index (κ3) is 7.67. The minimum absolute atomic E-state index is 0.208. The van der Waals surface area contributed by atoms with Crippen molar-refractivity contribution in [3.05, 3.63) is 324 Å².